The highest BCUT2D eigenvalue weighted by Gasteiger charge is 2.55. The van der Waals surface area contributed by atoms with Gasteiger partial charge in [-0.1, -0.05) is 12.1 Å². The summed E-state index contributed by atoms with van der Waals surface area (Å²) in [7, 11) is 1.65. The van der Waals surface area contributed by atoms with Crippen LogP contribution in [0, 0.1) is 35.9 Å². The molecule has 5 heteroatoms. The molecule has 4 nitrogen and oxygen atoms in total. The molecule has 37 heavy (non-hydrogen) atoms. The summed E-state index contributed by atoms with van der Waals surface area (Å²) in [5, 5.41) is 0.938. The monoisotopic (exact) mass is 494 g/mol. The molecule has 0 saturated heterocycles. The number of hydrogen-bond donors (Lipinski definition) is 0. The topological polar surface area (TPSA) is 44.1 Å². The van der Waals surface area contributed by atoms with Crippen molar-refractivity contribution >= 4 is 16.9 Å². The maximum Gasteiger partial charge on any atom is 0.239 e. The summed E-state index contributed by atoms with van der Waals surface area (Å²) in [6.45, 7) is 1.97. The third kappa shape index (κ3) is 3.54. The molecule has 0 N–H and O–H groups in total. The van der Waals surface area contributed by atoms with Crippen LogP contribution in [0.1, 0.15) is 49.0 Å². The van der Waals surface area contributed by atoms with Crippen molar-refractivity contribution in [1.29, 1.82) is 0 Å². The third-order valence-corrected chi connectivity index (χ3v) is 9.15. The number of aromatic nitrogens is 2. The molecule has 0 aliphatic heterocycles. The molecule has 8 rings (SSSR count). The van der Waals surface area contributed by atoms with Crippen LogP contribution in [0.15, 0.2) is 60.7 Å². The van der Waals surface area contributed by atoms with Gasteiger partial charge in [0.15, 0.2) is 0 Å². The second kappa shape index (κ2) is 8.27. The first kappa shape index (κ1) is 22.7. The van der Waals surface area contributed by atoms with Crippen LogP contribution in [0.3, 0.4) is 0 Å². The van der Waals surface area contributed by atoms with E-state index in [0.717, 1.165) is 58.5 Å². The van der Waals surface area contributed by atoms with Crippen LogP contribution < -0.4 is 4.74 Å². The summed E-state index contributed by atoms with van der Waals surface area (Å²) >= 11 is 0. The lowest BCUT2D eigenvalue weighted by Gasteiger charge is -2.55. The molecule has 0 amide bonds. The summed E-state index contributed by atoms with van der Waals surface area (Å²) in [6, 6.07) is 18.5. The lowest BCUT2D eigenvalue weighted by Crippen LogP contribution is -2.51. The number of carbonyl (C=O) groups excluding carboxylic acids is 1. The van der Waals surface area contributed by atoms with Crippen LogP contribution in [0.25, 0.3) is 33.4 Å². The number of fused-ring (bicyclic) bond motifs is 1. The Balaban J connectivity index is 1.51. The Labute approximate surface area is 216 Å². The Kier molecular flexibility index (Phi) is 5.08. The highest BCUT2D eigenvalue weighted by molar-refractivity contribution is 6.09. The van der Waals surface area contributed by atoms with Crippen LogP contribution in [0.5, 0.6) is 5.75 Å². The number of hydrogen-bond acceptors (Lipinski definition) is 3. The van der Waals surface area contributed by atoms with E-state index < -0.39 is 0 Å². The zero-order valence-corrected chi connectivity index (χ0v) is 21.3. The van der Waals surface area contributed by atoms with Gasteiger partial charge in [0.05, 0.1) is 18.2 Å². The zero-order valence-electron chi connectivity index (χ0n) is 21.3. The maximum atomic E-state index is 14.9. The first-order valence-electron chi connectivity index (χ1n) is 13.4. The van der Waals surface area contributed by atoms with E-state index in [1.54, 1.807) is 19.2 Å². The first-order chi connectivity index (χ1) is 17.9. The van der Waals surface area contributed by atoms with Crippen molar-refractivity contribution in [3.8, 4) is 28.1 Å². The number of pyridine rings is 1. The van der Waals surface area contributed by atoms with Crippen LogP contribution in [-0.2, 0) is 0 Å². The summed E-state index contributed by atoms with van der Waals surface area (Å²) < 4.78 is 21.3. The number of nitrogens with zero attached hydrogens (tertiary/aromatic N) is 2. The lowest BCUT2D eigenvalue weighted by atomic mass is 9.49. The third-order valence-electron chi connectivity index (χ3n) is 9.15. The molecule has 4 fully saturated rings. The molecule has 0 radical (unpaired) electrons. The fraction of sp³-hybridized carbons (Fsp3) is 0.375. The molecule has 0 spiro atoms. The molecule has 0 unspecified atom stereocenters. The number of halogens is 1. The Hall–Kier alpha value is -3.47. The van der Waals surface area contributed by atoms with Gasteiger partial charge in [0, 0.05) is 16.6 Å². The highest BCUT2D eigenvalue weighted by Crippen LogP contribution is 2.61. The molecule has 4 aliphatic carbocycles. The van der Waals surface area contributed by atoms with Gasteiger partial charge >= 0.3 is 0 Å². The largest absolute Gasteiger partial charge is 0.497 e. The predicted molar refractivity (Wildman–Crippen MR) is 143 cm³/mol. The van der Waals surface area contributed by atoms with Gasteiger partial charge in [0.1, 0.15) is 17.2 Å². The van der Waals surface area contributed by atoms with E-state index in [9.17, 15) is 9.18 Å². The van der Waals surface area contributed by atoms with Crippen molar-refractivity contribution in [3.05, 3.63) is 72.2 Å². The zero-order chi connectivity index (χ0) is 25.3. The smallest absolute Gasteiger partial charge is 0.239 e. The minimum Gasteiger partial charge on any atom is -0.497 e. The Morgan fingerprint density at radius 2 is 1.49 bits per heavy atom. The predicted octanol–water partition coefficient (Wildman–Crippen LogP) is 7.68. The van der Waals surface area contributed by atoms with Gasteiger partial charge in [-0.15, -0.1) is 0 Å². The minimum atomic E-state index is -0.335. The average molecular weight is 495 g/mol. The van der Waals surface area contributed by atoms with E-state index in [1.807, 2.05) is 41.8 Å². The van der Waals surface area contributed by atoms with Gasteiger partial charge in [-0.05, 0) is 123 Å². The number of carbonyl (C=O) groups is 1. The quantitative estimate of drug-likeness (QED) is 0.292. The van der Waals surface area contributed by atoms with E-state index in [2.05, 4.69) is 6.07 Å². The van der Waals surface area contributed by atoms with Crippen molar-refractivity contribution in [2.75, 3.05) is 7.11 Å². The molecule has 4 bridgehead atoms. The number of aryl methyl sites for hydroxylation is 1. The van der Waals surface area contributed by atoms with Crippen molar-refractivity contribution in [2.45, 2.75) is 45.4 Å². The first-order valence-corrected chi connectivity index (χ1v) is 13.4. The second-order valence-corrected chi connectivity index (χ2v) is 11.6. The molecule has 2 aromatic heterocycles. The SMILES string of the molecule is COc1ccc(-c2c(-c3ccc(F)cc3)n(C(=O)C34CC5CC(CC(C5)C3)C4)c3nc(C)ccc23)cc1. The Bertz CT molecular complexity index is 1480. The fourth-order valence-electron chi connectivity index (χ4n) is 7.99. The second-order valence-electron chi connectivity index (χ2n) is 11.6. The summed E-state index contributed by atoms with van der Waals surface area (Å²) in [5.74, 6) is 2.62. The molecule has 0 atom stereocenters. The fourth-order valence-corrected chi connectivity index (χ4v) is 7.99. The highest BCUT2D eigenvalue weighted by atomic mass is 19.1. The van der Waals surface area contributed by atoms with Gasteiger partial charge in [0.2, 0.25) is 5.91 Å². The molecule has 2 aromatic carbocycles. The van der Waals surface area contributed by atoms with Crippen molar-refractivity contribution < 1.29 is 13.9 Å². The van der Waals surface area contributed by atoms with Crippen molar-refractivity contribution in [2.24, 2.45) is 23.2 Å². The van der Waals surface area contributed by atoms with Gasteiger partial charge in [-0.3, -0.25) is 9.36 Å². The van der Waals surface area contributed by atoms with Crippen LogP contribution in [0.4, 0.5) is 4.39 Å². The van der Waals surface area contributed by atoms with Gasteiger partial charge < -0.3 is 4.74 Å². The van der Waals surface area contributed by atoms with Crippen LogP contribution in [-0.4, -0.2) is 22.6 Å². The van der Waals surface area contributed by atoms with Crippen LogP contribution in [0.2, 0.25) is 0 Å². The number of ether oxygens (including phenoxy) is 1. The van der Waals surface area contributed by atoms with Crippen LogP contribution >= 0.6 is 0 Å². The summed E-state index contributed by atoms with van der Waals surface area (Å²) in [6.07, 6.45) is 6.76. The Morgan fingerprint density at radius 3 is 2.08 bits per heavy atom. The molecular weight excluding hydrogens is 463 g/mol. The average Bonchev–Trinajstić information content (AvgIpc) is 3.22. The van der Waals surface area contributed by atoms with Gasteiger partial charge in [-0.25, -0.2) is 9.37 Å². The number of methoxy groups -OCH3 is 1. The Morgan fingerprint density at radius 1 is 0.892 bits per heavy atom. The summed E-state index contributed by atoms with van der Waals surface area (Å²) in [4.78, 5) is 19.8. The molecule has 4 aliphatic rings. The molecule has 2 heterocycles. The van der Waals surface area contributed by atoms with E-state index >= 15 is 0 Å². The van der Waals surface area contributed by atoms with Crippen molar-refractivity contribution in [1.82, 2.24) is 9.55 Å². The van der Waals surface area contributed by atoms with E-state index in [0.29, 0.717) is 23.4 Å². The number of rotatable bonds is 4. The lowest BCUT2D eigenvalue weighted by molar-refractivity contribution is -0.0397. The molecule has 4 aromatic rings. The summed E-state index contributed by atoms with van der Waals surface area (Å²) in [5.41, 5.74) is 4.79. The maximum absolute atomic E-state index is 14.9. The minimum absolute atomic E-state index is 0.175. The van der Waals surface area contributed by atoms with Gasteiger partial charge in [0.25, 0.3) is 0 Å². The van der Waals surface area contributed by atoms with Gasteiger partial charge in [-0.2, -0.15) is 0 Å². The molecule has 188 valence electrons. The van der Waals surface area contributed by atoms with E-state index in [1.165, 1.54) is 31.4 Å². The standard InChI is InChI=1S/C32H31FN2O2/c1-19-3-12-27-28(23-6-10-26(37-2)11-7-23)29(24-4-8-25(33)9-5-24)35(30(27)34-19)31(36)32-16-20-13-21(17-32)15-22(14-20)18-32/h3-12,20-22H,13-18H2,1-2H3. The normalized spacial score (nSPS) is 26.1. The molecule has 4 saturated carbocycles. The van der Waals surface area contributed by atoms with E-state index in [4.69, 9.17) is 9.72 Å². The number of benzene rings is 2. The van der Waals surface area contributed by atoms with E-state index in [-0.39, 0.29) is 17.1 Å². The van der Waals surface area contributed by atoms with Crippen molar-refractivity contribution in [3.63, 3.8) is 0 Å². The molecular formula is C32H31FN2O2.